The standard InChI is InChI=1S/C16H19N3O2/c1-3-20-15-11-14(16(21-4-2)10-13(15)17)19-18-12-8-6-5-7-9-12/h5-11H,3-4,17H2,1-2H3/b19-18+. The van der Waals surface area contributed by atoms with Gasteiger partial charge in [-0.3, -0.25) is 0 Å². The highest BCUT2D eigenvalue weighted by atomic mass is 16.5. The molecule has 0 fully saturated rings. The van der Waals surface area contributed by atoms with E-state index in [-0.39, 0.29) is 0 Å². The number of ether oxygens (including phenoxy) is 2. The Morgan fingerprint density at radius 3 is 2.24 bits per heavy atom. The Labute approximate surface area is 124 Å². The number of nitrogens with two attached hydrogens (primary N) is 1. The molecule has 0 radical (unpaired) electrons. The zero-order valence-electron chi connectivity index (χ0n) is 12.2. The van der Waals surface area contributed by atoms with Gasteiger partial charge in [0.25, 0.3) is 0 Å². The van der Waals surface area contributed by atoms with E-state index in [1.54, 1.807) is 12.1 Å². The van der Waals surface area contributed by atoms with Crippen molar-refractivity contribution in [2.24, 2.45) is 10.2 Å². The Bertz CT molecular complexity index is 612. The molecule has 2 aromatic rings. The highest BCUT2D eigenvalue weighted by Gasteiger charge is 2.10. The fourth-order valence-electron chi connectivity index (χ4n) is 1.80. The van der Waals surface area contributed by atoms with E-state index in [0.29, 0.717) is 36.1 Å². The molecule has 2 rings (SSSR count). The average Bonchev–Trinajstić information content (AvgIpc) is 2.50. The summed E-state index contributed by atoms with van der Waals surface area (Å²) in [6.45, 7) is 4.88. The minimum Gasteiger partial charge on any atom is -0.492 e. The largest absolute Gasteiger partial charge is 0.492 e. The summed E-state index contributed by atoms with van der Waals surface area (Å²) in [4.78, 5) is 0. The number of azo groups is 1. The van der Waals surface area contributed by atoms with Gasteiger partial charge in [0, 0.05) is 12.1 Å². The van der Waals surface area contributed by atoms with E-state index < -0.39 is 0 Å². The van der Waals surface area contributed by atoms with E-state index in [4.69, 9.17) is 15.2 Å². The molecule has 21 heavy (non-hydrogen) atoms. The minimum atomic E-state index is 0.527. The topological polar surface area (TPSA) is 69.2 Å². The van der Waals surface area contributed by atoms with E-state index in [1.165, 1.54) is 0 Å². The van der Waals surface area contributed by atoms with Crippen LogP contribution in [0.25, 0.3) is 0 Å². The van der Waals surface area contributed by atoms with Gasteiger partial charge in [0.1, 0.15) is 17.2 Å². The first-order valence-electron chi connectivity index (χ1n) is 6.90. The molecule has 0 saturated carbocycles. The van der Waals surface area contributed by atoms with Crippen LogP contribution in [0.2, 0.25) is 0 Å². The van der Waals surface area contributed by atoms with Gasteiger partial charge in [-0.2, -0.15) is 5.11 Å². The quantitative estimate of drug-likeness (QED) is 0.628. The average molecular weight is 285 g/mol. The van der Waals surface area contributed by atoms with Crippen molar-refractivity contribution in [1.82, 2.24) is 0 Å². The summed E-state index contributed by atoms with van der Waals surface area (Å²) in [7, 11) is 0. The van der Waals surface area contributed by atoms with Crippen LogP contribution < -0.4 is 15.2 Å². The number of rotatable bonds is 6. The first kappa shape index (κ1) is 14.8. The molecule has 0 aromatic heterocycles. The molecule has 110 valence electrons. The fraction of sp³-hybridized carbons (Fsp3) is 0.250. The molecule has 5 heteroatoms. The van der Waals surface area contributed by atoms with Crippen molar-refractivity contribution in [2.75, 3.05) is 18.9 Å². The van der Waals surface area contributed by atoms with E-state index in [9.17, 15) is 0 Å². The number of nitrogens with zero attached hydrogens (tertiary/aromatic N) is 2. The van der Waals surface area contributed by atoms with Crippen molar-refractivity contribution in [3.8, 4) is 11.5 Å². The lowest BCUT2D eigenvalue weighted by molar-refractivity contribution is 0.333. The zero-order valence-corrected chi connectivity index (χ0v) is 12.2. The van der Waals surface area contributed by atoms with Crippen LogP contribution in [0.5, 0.6) is 11.5 Å². The Morgan fingerprint density at radius 2 is 1.57 bits per heavy atom. The molecular formula is C16H19N3O2. The van der Waals surface area contributed by atoms with E-state index in [0.717, 1.165) is 5.69 Å². The van der Waals surface area contributed by atoms with Crippen LogP contribution in [0.3, 0.4) is 0 Å². The molecule has 0 aliphatic heterocycles. The van der Waals surface area contributed by atoms with Crippen molar-refractivity contribution in [1.29, 1.82) is 0 Å². The lowest BCUT2D eigenvalue weighted by Gasteiger charge is -2.11. The van der Waals surface area contributed by atoms with Crippen molar-refractivity contribution in [3.63, 3.8) is 0 Å². The Hall–Kier alpha value is -2.56. The predicted molar refractivity (Wildman–Crippen MR) is 83.8 cm³/mol. The highest BCUT2D eigenvalue weighted by molar-refractivity contribution is 5.67. The number of nitrogen functional groups attached to an aromatic ring is 1. The van der Waals surface area contributed by atoms with Gasteiger partial charge in [0.15, 0.2) is 0 Å². The van der Waals surface area contributed by atoms with Gasteiger partial charge in [-0.15, -0.1) is 5.11 Å². The Kier molecular flexibility index (Phi) is 5.15. The van der Waals surface area contributed by atoms with Crippen molar-refractivity contribution in [3.05, 3.63) is 42.5 Å². The lowest BCUT2D eigenvalue weighted by Crippen LogP contribution is -1.99. The third kappa shape index (κ3) is 3.95. The maximum atomic E-state index is 5.94. The smallest absolute Gasteiger partial charge is 0.149 e. The summed E-state index contributed by atoms with van der Waals surface area (Å²) in [5, 5.41) is 8.44. The molecule has 0 spiro atoms. The third-order valence-corrected chi connectivity index (χ3v) is 2.72. The monoisotopic (exact) mass is 285 g/mol. The van der Waals surface area contributed by atoms with Gasteiger partial charge in [-0.25, -0.2) is 0 Å². The molecule has 0 unspecified atom stereocenters. The zero-order chi connectivity index (χ0) is 15.1. The van der Waals surface area contributed by atoms with Crippen LogP contribution in [0.1, 0.15) is 13.8 Å². The van der Waals surface area contributed by atoms with E-state index >= 15 is 0 Å². The van der Waals surface area contributed by atoms with Crippen LogP contribution in [-0.2, 0) is 0 Å². The predicted octanol–water partition coefficient (Wildman–Crippen LogP) is 4.48. The van der Waals surface area contributed by atoms with Crippen LogP contribution in [-0.4, -0.2) is 13.2 Å². The molecule has 0 bridgehead atoms. The van der Waals surface area contributed by atoms with Crippen LogP contribution >= 0.6 is 0 Å². The van der Waals surface area contributed by atoms with Gasteiger partial charge in [0.2, 0.25) is 0 Å². The molecule has 0 heterocycles. The van der Waals surface area contributed by atoms with E-state index in [1.807, 2.05) is 44.2 Å². The second-order valence-electron chi connectivity index (χ2n) is 4.26. The Morgan fingerprint density at radius 1 is 0.905 bits per heavy atom. The number of benzene rings is 2. The van der Waals surface area contributed by atoms with Crippen LogP contribution in [0, 0.1) is 0 Å². The van der Waals surface area contributed by atoms with Crippen LogP contribution in [0.4, 0.5) is 17.1 Å². The summed E-state index contributed by atoms with van der Waals surface area (Å²) >= 11 is 0. The highest BCUT2D eigenvalue weighted by Crippen LogP contribution is 2.37. The molecule has 0 aliphatic rings. The summed E-state index contributed by atoms with van der Waals surface area (Å²) in [6, 6.07) is 13.0. The van der Waals surface area contributed by atoms with Gasteiger partial charge in [0.05, 0.1) is 24.6 Å². The molecule has 2 N–H and O–H groups in total. The number of hydrogen-bond acceptors (Lipinski definition) is 5. The first-order valence-corrected chi connectivity index (χ1v) is 6.90. The molecule has 0 atom stereocenters. The molecule has 5 nitrogen and oxygen atoms in total. The lowest BCUT2D eigenvalue weighted by atomic mass is 10.2. The summed E-state index contributed by atoms with van der Waals surface area (Å²) in [5.74, 6) is 1.18. The van der Waals surface area contributed by atoms with Gasteiger partial charge in [-0.1, -0.05) is 18.2 Å². The second kappa shape index (κ2) is 7.28. The third-order valence-electron chi connectivity index (χ3n) is 2.72. The number of anilines is 1. The summed E-state index contributed by atoms with van der Waals surface area (Å²) < 4.78 is 11.0. The number of hydrogen-bond donors (Lipinski definition) is 1. The first-order chi connectivity index (χ1) is 10.2. The second-order valence-corrected chi connectivity index (χ2v) is 4.26. The Balaban J connectivity index is 2.35. The van der Waals surface area contributed by atoms with Crippen LogP contribution in [0.15, 0.2) is 52.7 Å². The fourth-order valence-corrected chi connectivity index (χ4v) is 1.80. The molecule has 0 amide bonds. The maximum absolute atomic E-state index is 5.94. The molecular weight excluding hydrogens is 266 g/mol. The van der Waals surface area contributed by atoms with Crippen molar-refractivity contribution >= 4 is 17.1 Å². The van der Waals surface area contributed by atoms with Crippen molar-refractivity contribution < 1.29 is 9.47 Å². The summed E-state index contributed by atoms with van der Waals surface area (Å²) in [5.41, 5.74) is 7.83. The molecule has 0 aliphatic carbocycles. The molecule has 2 aromatic carbocycles. The van der Waals surface area contributed by atoms with Gasteiger partial charge in [-0.05, 0) is 26.0 Å². The SMILES string of the molecule is CCOc1cc(/N=N/c2ccccc2)c(OCC)cc1N. The summed E-state index contributed by atoms with van der Waals surface area (Å²) in [6.07, 6.45) is 0. The normalized spacial score (nSPS) is 10.8. The maximum Gasteiger partial charge on any atom is 0.149 e. The van der Waals surface area contributed by atoms with Gasteiger partial charge < -0.3 is 15.2 Å². The van der Waals surface area contributed by atoms with E-state index in [2.05, 4.69) is 10.2 Å². The van der Waals surface area contributed by atoms with Crippen molar-refractivity contribution in [2.45, 2.75) is 13.8 Å². The van der Waals surface area contributed by atoms with Gasteiger partial charge >= 0.3 is 0 Å². The minimum absolute atomic E-state index is 0.527. The molecule has 0 saturated heterocycles.